The Morgan fingerprint density at radius 1 is 1.35 bits per heavy atom. The molecule has 1 N–H and O–H groups in total. The third kappa shape index (κ3) is 3.62. The highest BCUT2D eigenvalue weighted by molar-refractivity contribution is 9.10. The molecule has 0 radical (unpaired) electrons. The van der Waals surface area contributed by atoms with Crippen LogP contribution in [0.15, 0.2) is 39.8 Å². The number of thioether (sulfide) groups is 1. The van der Waals surface area contributed by atoms with E-state index in [0.29, 0.717) is 10.4 Å². The number of rotatable bonds is 3. The molecule has 0 aliphatic heterocycles. The number of benzene rings is 1. The predicted molar refractivity (Wildman–Crippen MR) is 73.1 cm³/mol. The van der Waals surface area contributed by atoms with Gasteiger partial charge in [0.15, 0.2) is 0 Å². The first-order valence-corrected chi connectivity index (χ1v) is 6.96. The van der Waals surface area contributed by atoms with Crippen molar-refractivity contribution in [1.82, 2.24) is 9.97 Å². The van der Waals surface area contributed by atoms with Gasteiger partial charge in [-0.3, -0.25) is 0 Å². The molecule has 1 aromatic carbocycles. The molecule has 17 heavy (non-hydrogen) atoms. The highest BCUT2D eigenvalue weighted by Crippen LogP contribution is 2.21. The Morgan fingerprint density at radius 3 is 2.71 bits per heavy atom. The second-order valence-electron chi connectivity index (χ2n) is 3.25. The van der Waals surface area contributed by atoms with Crippen LogP contribution in [0.4, 0.5) is 4.39 Å². The second kappa shape index (κ2) is 5.75. The van der Waals surface area contributed by atoms with Gasteiger partial charge in [0, 0.05) is 11.1 Å². The minimum absolute atomic E-state index is 0.226. The fourth-order valence-electron chi connectivity index (χ4n) is 1.17. The van der Waals surface area contributed by atoms with Gasteiger partial charge < -0.3 is 4.98 Å². The molecular weight excluding hydrogens is 323 g/mol. The third-order valence-corrected chi connectivity index (χ3v) is 4.21. The Balaban J connectivity index is 2.04. The van der Waals surface area contributed by atoms with Crippen molar-refractivity contribution < 1.29 is 4.39 Å². The van der Waals surface area contributed by atoms with Crippen LogP contribution in [-0.2, 0) is 5.75 Å². The van der Waals surface area contributed by atoms with Crippen LogP contribution in [0.25, 0.3) is 0 Å². The summed E-state index contributed by atoms with van der Waals surface area (Å²) in [5, 5.41) is 0. The first-order valence-electron chi connectivity index (χ1n) is 4.77. The lowest BCUT2D eigenvalue weighted by atomic mass is 10.4. The summed E-state index contributed by atoms with van der Waals surface area (Å²) in [5.41, 5.74) is 0. The molecule has 0 saturated carbocycles. The zero-order chi connectivity index (χ0) is 12.3. The van der Waals surface area contributed by atoms with Crippen molar-refractivity contribution in [2.45, 2.75) is 10.6 Å². The Labute approximate surface area is 116 Å². The molecule has 0 fully saturated rings. The maximum atomic E-state index is 12.7. The fourth-order valence-corrected chi connectivity index (χ4v) is 2.32. The lowest BCUT2D eigenvalue weighted by Crippen LogP contribution is -1.92. The van der Waals surface area contributed by atoms with Crippen molar-refractivity contribution in [3.05, 3.63) is 51.2 Å². The van der Waals surface area contributed by atoms with Crippen LogP contribution in [0.5, 0.6) is 0 Å². The van der Waals surface area contributed by atoms with Crippen molar-refractivity contribution in [3.8, 4) is 0 Å². The van der Waals surface area contributed by atoms with E-state index in [4.69, 9.17) is 12.2 Å². The van der Waals surface area contributed by atoms with Crippen molar-refractivity contribution in [3.63, 3.8) is 0 Å². The van der Waals surface area contributed by atoms with E-state index >= 15 is 0 Å². The Kier molecular flexibility index (Phi) is 4.31. The van der Waals surface area contributed by atoms with E-state index in [2.05, 4.69) is 25.9 Å². The quantitative estimate of drug-likeness (QED) is 0.670. The van der Waals surface area contributed by atoms with Crippen LogP contribution >= 0.6 is 39.9 Å². The van der Waals surface area contributed by atoms with E-state index in [0.717, 1.165) is 15.2 Å². The Hall–Kier alpha value is -0.720. The molecule has 1 aromatic heterocycles. The number of aromatic amines is 1. The van der Waals surface area contributed by atoms with Crippen LogP contribution in [0.2, 0.25) is 0 Å². The molecule has 0 unspecified atom stereocenters. The van der Waals surface area contributed by atoms with Gasteiger partial charge in [-0.2, -0.15) is 0 Å². The summed E-state index contributed by atoms with van der Waals surface area (Å²) in [5.74, 6) is 1.24. The largest absolute Gasteiger partial charge is 0.333 e. The number of hydrogen-bond donors (Lipinski definition) is 1. The first kappa shape index (κ1) is 12.7. The summed E-state index contributed by atoms with van der Waals surface area (Å²) in [7, 11) is 0. The summed E-state index contributed by atoms with van der Waals surface area (Å²) in [6.45, 7) is 0. The van der Waals surface area contributed by atoms with E-state index in [1.807, 2.05) is 0 Å². The molecule has 0 amide bonds. The number of halogens is 2. The number of aromatic nitrogens is 2. The maximum absolute atomic E-state index is 12.7. The van der Waals surface area contributed by atoms with Gasteiger partial charge in [-0.15, -0.1) is 11.8 Å². The molecule has 1 heterocycles. The molecule has 2 rings (SSSR count). The highest BCUT2D eigenvalue weighted by Gasteiger charge is 2.00. The van der Waals surface area contributed by atoms with Crippen LogP contribution in [0, 0.1) is 10.5 Å². The van der Waals surface area contributed by atoms with E-state index < -0.39 is 0 Å². The molecular formula is C11H8BrFN2S2. The van der Waals surface area contributed by atoms with Crippen LogP contribution in [0.1, 0.15) is 5.82 Å². The van der Waals surface area contributed by atoms with Crippen LogP contribution < -0.4 is 0 Å². The van der Waals surface area contributed by atoms with E-state index in [9.17, 15) is 4.39 Å². The molecule has 0 saturated heterocycles. The van der Waals surface area contributed by atoms with Gasteiger partial charge in [-0.05, 0) is 40.2 Å². The van der Waals surface area contributed by atoms with Gasteiger partial charge in [0.2, 0.25) is 0 Å². The normalized spacial score (nSPS) is 10.5. The van der Waals surface area contributed by atoms with Crippen LogP contribution in [0.3, 0.4) is 0 Å². The van der Waals surface area contributed by atoms with Crippen molar-refractivity contribution in [2.75, 3.05) is 0 Å². The second-order valence-corrected chi connectivity index (χ2v) is 5.56. The lowest BCUT2D eigenvalue weighted by Gasteiger charge is -2.02. The molecule has 2 nitrogen and oxygen atoms in total. The molecule has 2 aromatic rings. The zero-order valence-corrected chi connectivity index (χ0v) is 11.8. The fraction of sp³-hybridized carbons (Fsp3) is 0.0909. The summed E-state index contributed by atoms with van der Waals surface area (Å²) >= 11 is 9.95. The van der Waals surface area contributed by atoms with Gasteiger partial charge in [0.25, 0.3) is 0 Å². The van der Waals surface area contributed by atoms with Crippen molar-refractivity contribution in [1.29, 1.82) is 0 Å². The topological polar surface area (TPSA) is 28.7 Å². The third-order valence-electron chi connectivity index (χ3n) is 2.00. The van der Waals surface area contributed by atoms with Gasteiger partial charge in [-0.1, -0.05) is 12.2 Å². The van der Waals surface area contributed by atoms with Gasteiger partial charge >= 0.3 is 0 Å². The van der Waals surface area contributed by atoms with E-state index in [1.54, 1.807) is 30.1 Å². The molecule has 0 atom stereocenters. The van der Waals surface area contributed by atoms with Crippen molar-refractivity contribution in [2.24, 2.45) is 0 Å². The molecule has 0 aliphatic rings. The Bertz CT molecular complexity index is 568. The van der Waals surface area contributed by atoms with Gasteiger partial charge in [0.05, 0.1) is 10.2 Å². The average molecular weight is 331 g/mol. The van der Waals surface area contributed by atoms with Gasteiger partial charge in [0.1, 0.15) is 16.3 Å². The molecule has 0 aliphatic carbocycles. The first-order chi connectivity index (χ1) is 8.15. The molecule has 88 valence electrons. The monoisotopic (exact) mass is 330 g/mol. The summed E-state index contributed by atoms with van der Waals surface area (Å²) in [6.07, 6.45) is 1.68. The van der Waals surface area contributed by atoms with Crippen molar-refractivity contribution >= 4 is 39.9 Å². The van der Waals surface area contributed by atoms with E-state index in [-0.39, 0.29) is 5.82 Å². The zero-order valence-electron chi connectivity index (χ0n) is 8.61. The van der Waals surface area contributed by atoms with E-state index in [1.165, 1.54) is 12.1 Å². The standard InChI is InChI=1S/C11H8BrFN2S2/c12-9-5-14-10(15-11(9)16)6-17-8-3-1-7(13)2-4-8/h1-5H,6H2,(H,14,15,16). The molecule has 0 bridgehead atoms. The number of nitrogens with zero attached hydrogens (tertiary/aromatic N) is 1. The summed E-state index contributed by atoms with van der Waals surface area (Å²) in [4.78, 5) is 8.22. The number of nitrogens with one attached hydrogen (secondary N) is 1. The highest BCUT2D eigenvalue weighted by atomic mass is 79.9. The Morgan fingerprint density at radius 2 is 2.06 bits per heavy atom. The predicted octanol–water partition coefficient (Wildman–Crippen LogP) is 4.33. The maximum Gasteiger partial charge on any atom is 0.123 e. The average Bonchev–Trinajstić information content (AvgIpc) is 2.33. The summed E-state index contributed by atoms with van der Waals surface area (Å²) < 4.78 is 14.1. The molecule has 0 spiro atoms. The number of hydrogen-bond acceptors (Lipinski definition) is 3. The minimum atomic E-state index is -0.226. The van der Waals surface area contributed by atoms with Gasteiger partial charge in [-0.25, -0.2) is 9.37 Å². The SMILES string of the molecule is Fc1ccc(SCc2ncc(Br)c(=S)[nH]2)cc1. The lowest BCUT2D eigenvalue weighted by molar-refractivity contribution is 0.626. The number of H-pyrrole nitrogens is 1. The summed E-state index contributed by atoms with van der Waals surface area (Å²) in [6, 6.07) is 6.38. The molecule has 6 heteroatoms. The smallest absolute Gasteiger partial charge is 0.123 e. The minimum Gasteiger partial charge on any atom is -0.333 e. The van der Waals surface area contributed by atoms with Crippen LogP contribution in [-0.4, -0.2) is 9.97 Å².